The zero-order valence-corrected chi connectivity index (χ0v) is 10.3. The highest BCUT2D eigenvalue weighted by molar-refractivity contribution is 5.93. The number of carboxylic acid groups (broad SMARTS) is 3. The van der Waals surface area contributed by atoms with Crippen LogP contribution in [0.4, 0.5) is 0 Å². The Kier molecular flexibility index (Phi) is 6.25. The number of carboxylic acids is 3. The summed E-state index contributed by atoms with van der Waals surface area (Å²) in [6.07, 6.45) is 0.538. The summed E-state index contributed by atoms with van der Waals surface area (Å²) in [6.45, 7) is 1.23. The lowest BCUT2D eigenvalue weighted by atomic mass is 9.83. The molecule has 8 nitrogen and oxygen atoms in total. The van der Waals surface area contributed by atoms with Gasteiger partial charge in [0.25, 0.3) is 0 Å². The van der Waals surface area contributed by atoms with Crippen molar-refractivity contribution >= 4 is 23.8 Å². The van der Waals surface area contributed by atoms with Crippen LogP contribution in [0.25, 0.3) is 0 Å². The van der Waals surface area contributed by atoms with Gasteiger partial charge >= 0.3 is 17.9 Å². The molecule has 0 aliphatic carbocycles. The molecule has 0 atom stereocenters. The van der Waals surface area contributed by atoms with E-state index < -0.39 is 42.1 Å². The first kappa shape index (κ1) is 16.6. The maximum absolute atomic E-state index is 11.2. The number of carbonyl (C=O) groups is 4. The van der Waals surface area contributed by atoms with Crippen molar-refractivity contribution < 1.29 is 34.5 Å². The van der Waals surface area contributed by atoms with Crippen LogP contribution in [-0.4, -0.2) is 45.7 Å². The van der Waals surface area contributed by atoms with Gasteiger partial charge in [-0.2, -0.15) is 0 Å². The number of aliphatic carboxylic acids is 3. The van der Waals surface area contributed by atoms with Gasteiger partial charge in [-0.3, -0.25) is 14.4 Å². The second kappa shape index (κ2) is 7.14. The molecule has 0 aromatic carbocycles. The number of carbonyl (C=O) groups excluding carboxylic acids is 1. The van der Waals surface area contributed by atoms with E-state index in [1.807, 2.05) is 0 Å². The van der Waals surface area contributed by atoms with E-state index >= 15 is 0 Å². The van der Waals surface area contributed by atoms with Crippen LogP contribution >= 0.6 is 0 Å². The van der Waals surface area contributed by atoms with Gasteiger partial charge < -0.3 is 20.6 Å². The summed E-state index contributed by atoms with van der Waals surface area (Å²) >= 11 is 0. The molecule has 4 N–H and O–H groups in total. The number of amides is 1. The van der Waals surface area contributed by atoms with Crippen LogP contribution in [0.3, 0.4) is 0 Å². The lowest BCUT2D eigenvalue weighted by Crippen LogP contribution is -2.38. The Balaban J connectivity index is 4.57. The summed E-state index contributed by atoms with van der Waals surface area (Å²) in [7, 11) is 0. The van der Waals surface area contributed by atoms with E-state index in [-0.39, 0.29) is 6.54 Å². The van der Waals surface area contributed by atoms with Crippen molar-refractivity contribution in [1.29, 1.82) is 0 Å². The van der Waals surface area contributed by atoms with Crippen molar-refractivity contribution in [2.45, 2.75) is 19.8 Å². The standard InChI is InChI=1S/C11H15NO7/c1-11(4-9(16)17,5-10(18)19)6-12-7(13)2-3-8(14)15/h2-3H,4-6H2,1H3,(H,12,13)(H,14,15)(H,16,17)(H,18,19)/b3-2-. The lowest BCUT2D eigenvalue weighted by molar-refractivity contribution is -0.143. The van der Waals surface area contributed by atoms with Crippen LogP contribution in [0.1, 0.15) is 19.8 Å². The Hall–Kier alpha value is -2.38. The van der Waals surface area contributed by atoms with Crippen LogP contribution in [0.5, 0.6) is 0 Å². The lowest BCUT2D eigenvalue weighted by Gasteiger charge is -2.25. The number of rotatable bonds is 8. The van der Waals surface area contributed by atoms with Crippen molar-refractivity contribution in [3.8, 4) is 0 Å². The molecule has 0 heterocycles. The van der Waals surface area contributed by atoms with Crippen molar-refractivity contribution in [2.24, 2.45) is 5.41 Å². The molecule has 0 aliphatic rings. The van der Waals surface area contributed by atoms with Gasteiger partial charge in [-0.05, 0) is 0 Å². The van der Waals surface area contributed by atoms with Gasteiger partial charge in [0.2, 0.25) is 5.91 Å². The minimum atomic E-state index is -1.30. The number of nitrogens with one attached hydrogen (secondary N) is 1. The van der Waals surface area contributed by atoms with E-state index in [4.69, 9.17) is 15.3 Å². The normalized spacial score (nSPS) is 11.2. The molecule has 0 saturated heterocycles. The van der Waals surface area contributed by atoms with E-state index in [9.17, 15) is 19.2 Å². The summed E-state index contributed by atoms with van der Waals surface area (Å²) in [4.78, 5) is 42.7. The molecule has 0 aromatic heterocycles. The summed E-state index contributed by atoms with van der Waals surface area (Å²) in [5.41, 5.74) is -1.15. The van der Waals surface area contributed by atoms with Gasteiger partial charge in [-0.1, -0.05) is 6.92 Å². The fourth-order valence-electron chi connectivity index (χ4n) is 1.42. The highest BCUT2D eigenvalue weighted by Crippen LogP contribution is 2.25. The van der Waals surface area contributed by atoms with Crippen molar-refractivity contribution in [3.63, 3.8) is 0 Å². The second-order valence-corrected chi connectivity index (χ2v) is 4.34. The minimum absolute atomic E-state index is 0.186. The van der Waals surface area contributed by atoms with Gasteiger partial charge in [0.15, 0.2) is 0 Å². The van der Waals surface area contributed by atoms with Gasteiger partial charge in [0.05, 0.1) is 12.8 Å². The molecule has 0 aliphatic heterocycles. The first-order valence-electron chi connectivity index (χ1n) is 5.27. The minimum Gasteiger partial charge on any atom is -0.481 e. The van der Waals surface area contributed by atoms with Crippen LogP contribution in [0.2, 0.25) is 0 Å². The fourth-order valence-corrected chi connectivity index (χ4v) is 1.42. The van der Waals surface area contributed by atoms with E-state index in [0.717, 1.165) is 6.08 Å². The van der Waals surface area contributed by atoms with Gasteiger partial charge in [0, 0.05) is 24.1 Å². The van der Waals surface area contributed by atoms with Gasteiger partial charge in [0.1, 0.15) is 0 Å². The SMILES string of the molecule is CC(CNC(=O)/C=C\C(=O)O)(CC(=O)O)CC(=O)O. The largest absolute Gasteiger partial charge is 0.481 e. The first-order chi connectivity index (χ1) is 8.64. The zero-order chi connectivity index (χ0) is 15.1. The maximum Gasteiger partial charge on any atom is 0.328 e. The molecule has 0 unspecified atom stereocenters. The fraction of sp³-hybridized carbons (Fsp3) is 0.455. The second-order valence-electron chi connectivity index (χ2n) is 4.34. The maximum atomic E-state index is 11.2. The van der Waals surface area contributed by atoms with E-state index in [0.29, 0.717) is 6.08 Å². The highest BCUT2D eigenvalue weighted by Gasteiger charge is 2.30. The average Bonchev–Trinajstić information content (AvgIpc) is 2.21. The molecule has 19 heavy (non-hydrogen) atoms. The topological polar surface area (TPSA) is 141 Å². The third-order valence-electron chi connectivity index (χ3n) is 2.22. The molecular weight excluding hydrogens is 258 g/mol. The number of hydrogen-bond acceptors (Lipinski definition) is 4. The molecule has 0 spiro atoms. The van der Waals surface area contributed by atoms with E-state index in [1.165, 1.54) is 6.92 Å². The predicted molar refractivity (Wildman–Crippen MR) is 62.4 cm³/mol. The van der Waals surface area contributed by atoms with Gasteiger partial charge in [-0.15, -0.1) is 0 Å². The van der Waals surface area contributed by atoms with E-state index in [1.54, 1.807) is 0 Å². The van der Waals surface area contributed by atoms with Gasteiger partial charge in [-0.25, -0.2) is 4.79 Å². The summed E-state index contributed by atoms with van der Waals surface area (Å²) < 4.78 is 0. The molecule has 106 valence electrons. The molecular formula is C11H15NO7. The Morgan fingerprint density at radius 1 is 1.00 bits per heavy atom. The Morgan fingerprint density at radius 2 is 1.47 bits per heavy atom. The molecule has 8 heteroatoms. The predicted octanol–water partition coefficient (Wildman–Crippen LogP) is -0.301. The average molecular weight is 273 g/mol. The molecule has 0 bridgehead atoms. The summed E-state index contributed by atoms with van der Waals surface area (Å²) in [5, 5.41) is 28.0. The molecule has 0 radical (unpaired) electrons. The zero-order valence-electron chi connectivity index (χ0n) is 10.3. The quantitative estimate of drug-likeness (QED) is 0.445. The van der Waals surface area contributed by atoms with E-state index in [2.05, 4.69) is 5.32 Å². The number of hydrogen-bond donors (Lipinski definition) is 4. The smallest absolute Gasteiger partial charge is 0.328 e. The van der Waals surface area contributed by atoms with Crippen LogP contribution in [0.15, 0.2) is 12.2 Å². The van der Waals surface area contributed by atoms with Crippen molar-refractivity contribution in [3.05, 3.63) is 12.2 Å². The Labute approximate surface area is 108 Å². The molecule has 0 aromatic rings. The Morgan fingerprint density at radius 3 is 1.84 bits per heavy atom. The third-order valence-corrected chi connectivity index (χ3v) is 2.22. The first-order valence-corrected chi connectivity index (χ1v) is 5.27. The molecule has 0 saturated carbocycles. The van der Waals surface area contributed by atoms with Crippen LogP contribution in [0, 0.1) is 5.41 Å². The van der Waals surface area contributed by atoms with Crippen LogP contribution in [-0.2, 0) is 19.2 Å². The molecule has 0 fully saturated rings. The molecule has 1 amide bonds. The summed E-state index contributed by atoms with van der Waals surface area (Å²) in [6, 6.07) is 0. The Bertz CT molecular complexity index is 397. The third kappa shape index (κ3) is 8.36. The van der Waals surface area contributed by atoms with Crippen molar-refractivity contribution in [2.75, 3.05) is 6.54 Å². The molecule has 0 rings (SSSR count). The van der Waals surface area contributed by atoms with Crippen LogP contribution < -0.4 is 5.32 Å². The summed E-state index contributed by atoms with van der Waals surface area (Å²) in [5.74, 6) is -4.39. The highest BCUT2D eigenvalue weighted by atomic mass is 16.4. The van der Waals surface area contributed by atoms with Crippen molar-refractivity contribution in [1.82, 2.24) is 5.32 Å². The monoisotopic (exact) mass is 273 g/mol.